The van der Waals surface area contributed by atoms with E-state index in [2.05, 4.69) is 5.32 Å². The molecule has 0 aromatic heterocycles. The summed E-state index contributed by atoms with van der Waals surface area (Å²) >= 11 is 0. The third-order valence-corrected chi connectivity index (χ3v) is 2.97. The van der Waals surface area contributed by atoms with Crippen molar-refractivity contribution in [3.63, 3.8) is 0 Å². The molecule has 0 amide bonds. The van der Waals surface area contributed by atoms with Crippen molar-refractivity contribution in [1.29, 1.82) is 0 Å². The van der Waals surface area contributed by atoms with Gasteiger partial charge in [-0.25, -0.2) is 4.39 Å². The van der Waals surface area contributed by atoms with Gasteiger partial charge in [0.05, 0.1) is 6.61 Å². The summed E-state index contributed by atoms with van der Waals surface area (Å²) < 4.78 is 18.3. The zero-order chi connectivity index (χ0) is 10.7. The lowest BCUT2D eigenvalue weighted by atomic mass is 9.76. The van der Waals surface area contributed by atoms with Crippen LogP contribution >= 0.6 is 0 Å². The van der Waals surface area contributed by atoms with Crippen LogP contribution in [0.5, 0.6) is 0 Å². The van der Waals surface area contributed by atoms with Crippen molar-refractivity contribution in [1.82, 2.24) is 5.32 Å². The molecule has 0 unspecified atom stereocenters. The van der Waals surface area contributed by atoms with Crippen molar-refractivity contribution in [3.05, 3.63) is 35.6 Å². The van der Waals surface area contributed by atoms with Gasteiger partial charge in [0.2, 0.25) is 0 Å². The van der Waals surface area contributed by atoms with Crippen molar-refractivity contribution in [2.45, 2.75) is 12.3 Å². The Hall–Kier alpha value is -0.930. The molecule has 0 aliphatic carbocycles. The molecule has 0 atom stereocenters. The van der Waals surface area contributed by atoms with E-state index in [1.54, 1.807) is 0 Å². The second-order valence-electron chi connectivity index (χ2n) is 4.03. The summed E-state index contributed by atoms with van der Waals surface area (Å²) in [7, 11) is 0. The van der Waals surface area contributed by atoms with Crippen molar-refractivity contribution in [2.24, 2.45) is 0 Å². The lowest BCUT2D eigenvalue weighted by Gasteiger charge is -2.42. The topological polar surface area (TPSA) is 21.3 Å². The molecule has 1 N–H and O–H groups in total. The van der Waals surface area contributed by atoms with Crippen molar-refractivity contribution in [3.8, 4) is 0 Å². The molecule has 0 saturated carbocycles. The van der Waals surface area contributed by atoms with Gasteiger partial charge in [-0.05, 0) is 24.6 Å². The number of hydrogen-bond donors (Lipinski definition) is 1. The summed E-state index contributed by atoms with van der Waals surface area (Å²) in [6.07, 6.45) is 0. The van der Waals surface area contributed by atoms with Crippen LogP contribution in [0, 0.1) is 5.82 Å². The lowest BCUT2D eigenvalue weighted by molar-refractivity contribution is 0.0651. The third kappa shape index (κ3) is 2.03. The highest BCUT2D eigenvalue weighted by molar-refractivity contribution is 5.30. The van der Waals surface area contributed by atoms with Crippen LogP contribution in [-0.2, 0) is 10.2 Å². The van der Waals surface area contributed by atoms with Gasteiger partial charge in [0.25, 0.3) is 0 Å². The SMILES string of the molecule is CCOCC1(c2ccc(F)cc2)CNC1. The number of hydrogen-bond acceptors (Lipinski definition) is 2. The molecule has 0 radical (unpaired) electrons. The third-order valence-electron chi connectivity index (χ3n) is 2.97. The van der Waals surface area contributed by atoms with Gasteiger partial charge in [0.1, 0.15) is 5.82 Å². The Morgan fingerprint density at radius 3 is 2.47 bits per heavy atom. The number of halogens is 1. The highest BCUT2D eigenvalue weighted by Crippen LogP contribution is 2.29. The predicted octanol–water partition coefficient (Wildman–Crippen LogP) is 1.70. The molecule has 3 heteroatoms. The molecule has 1 aromatic carbocycles. The fourth-order valence-electron chi connectivity index (χ4n) is 1.92. The van der Waals surface area contributed by atoms with E-state index in [1.807, 2.05) is 19.1 Å². The first-order chi connectivity index (χ1) is 7.27. The van der Waals surface area contributed by atoms with E-state index in [0.717, 1.165) is 25.3 Å². The van der Waals surface area contributed by atoms with Gasteiger partial charge in [-0.15, -0.1) is 0 Å². The zero-order valence-corrected chi connectivity index (χ0v) is 8.92. The van der Waals surface area contributed by atoms with Crippen LogP contribution in [0.3, 0.4) is 0 Å². The summed E-state index contributed by atoms with van der Waals surface area (Å²) in [5, 5.41) is 3.25. The minimum atomic E-state index is -0.183. The molecule has 1 fully saturated rings. The number of nitrogens with one attached hydrogen (secondary N) is 1. The maximum Gasteiger partial charge on any atom is 0.123 e. The van der Waals surface area contributed by atoms with Crippen molar-refractivity contribution < 1.29 is 9.13 Å². The lowest BCUT2D eigenvalue weighted by Crippen LogP contribution is -2.59. The maximum absolute atomic E-state index is 12.8. The molecule has 15 heavy (non-hydrogen) atoms. The minimum absolute atomic E-state index is 0.0592. The average Bonchev–Trinajstić information content (AvgIpc) is 2.19. The number of benzene rings is 1. The minimum Gasteiger partial charge on any atom is -0.381 e. The molecular weight excluding hydrogens is 193 g/mol. The highest BCUT2D eigenvalue weighted by Gasteiger charge is 2.38. The zero-order valence-electron chi connectivity index (χ0n) is 8.92. The first-order valence-electron chi connectivity index (χ1n) is 5.31. The van der Waals surface area contributed by atoms with Gasteiger partial charge >= 0.3 is 0 Å². The Balaban J connectivity index is 2.14. The van der Waals surface area contributed by atoms with Crippen LogP contribution in [0.1, 0.15) is 12.5 Å². The van der Waals surface area contributed by atoms with Crippen LogP contribution in [0.25, 0.3) is 0 Å². The van der Waals surface area contributed by atoms with E-state index >= 15 is 0 Å². The number of ether oxygens (including phenoxy) is 1. The van der Waals surface area contributed by atoms with Crippen LogP contribution in [0.15, 0.2) is 24.3 Å². The van der Waals surface area contributed by atoms with Crippen LogP contribution in [0.2, 0.25) is 0 Å². The highest BCUT2D eigenvalue weighted by atomic mass is 19.1. The Bertz CT molecular complexity index is 319. The predicted molar refractivity (Wildman–Crippen MR) is 57.4 cm³/mol. The Morgan fingerprint density at radius 1 is 1.33 bits per heavy atom. The molecule has 0 bridgehead atoms. The van der Waals surface area contributed by atoms with E-state index in [-0.39, 0.29) is 11.2 Å². The van der Waals surface area contributed by atoms with Gasteiger partial charge in [-0.2, -0.15) is 0 Å². The van der Waals surface area contributed by atoms with Crippen molar-refractivity contribution >= 4 is 0 Å². The molecule has 1 heterocycles. The average molecular weight is 209 g/mol. The maximum atomic E-state index is 12.8. The molecule has 1 saturated heterocycles. The molecular formula is C12H16FNO. The largest absolute Gasteiger partial charge is 0.381 e. The van der Waals surface area contributed by atoms with E-state index < -0.39 is 0 Å². The Labute approximate surface area is 89.4 Å². The summed E-state index contributed by atoms with van der Waals surface area (Å²) in [4.78, 5) is 0. The van der Waals surface area contributed by atoms with Gasteiger partial charge in [-0.1, -0.05) is 12.1 Å². The van der Waals surface area contributed by atoms with E-state index in [9.17, 15) is 4.39 Å². The molecule has 2 rings (SSSR count). The van der Waals surface area contributed by atoms with Gasteiger partial charge in [0.15, 0.2) is 0 Å². The van der Waals surface area contributed by atoms with Crippen LogP contribution in [-0.4, -0.2) is 26.3 Å². The van der Waals surface area contributed by atoms with Gasteiger partial charge < -0.3 is 10.1 Å². The molecule has 82 valence electrons. The van der Waals surface area contributed by atoms with Crippen LogP contribution < -0.4 is 5.32 Å². The Kier molecular flexibility index (Phi) is 3.03. The summed E-state index contributed by atoms with van der Waals surface area (Å²) in [6, 6.07) is 6.74. The van der Waals surface area contributed by atoms with Crippen molar-refractivity contribution in [2.75, 3.05) is 26.3 Å². The van der Waals surface area contributed by atoms with E-state index in [4.69, 9.17) is 4.74 Å². The quantitative estimate of drug-likeness (QED) is 0.815. The standard InChI is InChI=1S/C12H16FNO/c1-2-15-9-12(7-14-8-12)10-3-5-11(13)6-4-10/h3-6,14H,2,7-9H2,1H3. The summed E-state index contributed by atoms with van der Waals surface area (Å²) in [6.45, 7) is 5.26. The second-order valence-corrected chi connectivity index (χ2v) is 4.03. The fraction of sp³-hybridized carbons (Fsp3) is 0.500. The molecule has 1 aliphatic heterocycles. The molecule has 1 aromatic rings. The van der Waals surface area contributed by atoms with E-state index in [1.165, 1.54) is 12.1 Å². The monoisotopic (exact) mass is 209 g/mol. The first-order valence-corrected chi connectivity index (χ1v) is 5.31. The van der Waals surface area contributed by atoms with Gasteiger partial charge in [0, 0.05) is 25.1 Å². The normalized spacial score (nSPS) is 18.5. The number of rotatable bonds is 4. The summed E-state index contributed by atoms with van der Waals surface area (Å²) in [5.41, 5.74) is 1.22. The van der Waals surface area contributed by atoms with Gasteiger partial charge in [-0.3, -0.25) is 0 Å². The molecule has 1 aliphatic rings. The Morgan fingerprint density at radius 2 is 2.00 bits per heavy atom. The van der Waals surface area contributed by atoms with Crippen LogP contribution in [0.4, 0.5) is 4.39 Å². The van der Waals surface area contributed by atoms with E-state index in [0.29, 0.717) is 6.61 Å². The molecule has 2 nitrogen and oxygen atoms in total. The fourth-order valence-corrected chi connectivity index (χ4v) is 1.92. The molecule has 0 spiro atoms. The first kappa shape index (κ1) is 10.6. The second kappa shape index (κ2) is 4.29. The smallest absolute Gasteiger partial charge is 0.123 e. The summed E-state index contributed by atoms with van der Waals surface area (Å²) in [5.74, 6) is -0.183.